The van der Waals surface area contributed by atoms with Crippen molar-refractivity contribution in [1.29, 1.82) is 0 Å². The van der Waals surface area contributed by atoms with Crippen LogP contribution in [0.1, 0.15) is 55.9 Å². The number of hydrogen-bond acceptors (Lipinski definition) is 5. The van der Waals surface area contributed by atoms with Gasteiger partial charge in [-0.1, -0.05) is 29.5 Å². The molecular weight excluding hydrogens is 454 g/mol. The van der Waals surface area contributed by atoms with E-state index < -0.39 is 5.67 Å². The van der Waals surface area contributed by atoms with Crippen molar-refractivity contribution in [2.75, 3.05) is 32.9 Å². The Labute approximate surface area is 204 Å². The molecule has 34 heavy (non-hydrogen) atoms. The van der Waals surface area contributed by atoms with Crippen LogP contribution in [0.4, 0.5) is 8.78 Å². The molecule has 0 saturated carbocycles. The Hall–Kier alpha value is -2.03. The van der Waals surface area contributed by atoms with Crippen LogP contribution in [0.3, 0.4) is 0 Å². The first-order chi connectivity index (χ1) is 16.3. The maximum Gasteiger partial charge on any atom is 0.194 e. The number of thiazole rings is 1. The number of nitrogens with zero attached hydrogens (tertiary/aromatic N) is 3. The van der Waals surface area contributed by atoms with Crippen LogP contribution in [-0.4, -0.2) is 70.4 Å². The van der Waals surface area contributed by atoms with E-state index in [9.17, 15) is 8.78 Å². The molecule has 1 aromatic carbocycles. The Bertz CT molecular complexity index is 1120. The highest BCUT2D eigenvalue weighted by Crippen LogP contribution is 2.43. The minimum absolute atomic E-state index is 0.0997. The number of rotatable bonds is 8. The molecule has 184 valence electrons. The summed E-state index contributed by atoms with van der Waals surface area (Å²) < 4.78 is 33.7. The van der Waals surface area contributed by atoms with Crippen LogP contribution < -0.4 is 4.74 Å². The summed E-state index contributed by atoms with van der Waals surface area (Å²) in [7, 11) is 0. The highest BCUT2D eigenvalue weighted by Gasteiger charge is 2.40. The fourth-order valence-corrected chi connectivity index (χ4v) is 6.42. The van der Waals surface area contributed by atoms with E-state index in [1.54, 1.807) is 25.2 Å². The van der Waals surface area contributed by atoms with Crippen molar-refractivity contribution in [2.24, 2.45) is 0 Å². The first-order valence-electron chi connectivity index (χ1n) is 12.3. The van der Waals surface area contributed by atoms with Crippen molar-refractivity contribution in [3.05, 3.63) is 46.7 Å². The van der Waals surface area contributed by atoms with E-state index >= 15 is 0 Å². The van der Waals surface area contributed by atoms with Gasteiger partial charge in [-0.25, -0.2) is 9.37 Å². The summed E-state index contributed by atoms with van der Waals surface area (Å²) in [5.74, 6) is 0. The number of likely N-dealkylation sites (tertiary alicyclic amines) is 1. The zero-order valence-corrected chi connectivity index (χ0v) is 21.0. The predicted octanol–water partition coefficient (Wildman–Crippen LogP) is 5.52. The van der Waals surface area contributed by atoms with Gasteiger partial charge in [0.1, 0.15) is 22.8 Å². The van der Waals surface area contributed by atoms with E-state index in [0.717, 1.165) is 53.8 Å². The number of benzene rings is 1. The molecule has 4 heterocycles. The van der Waals surface area contributed by atoms with E-state index in [0.29, 0.717) is 13.0 Å². The summed E-state index contributed by atoms with van der Waals surface area (Å²) in [5.41, 5.74) is 2.21. The topological polar surface area (TPSA) is 44.4 Å². The average Bonchev–Trinajstić information content (AvgIpc) is 3.51. The van der Waals surface area contributed by atoms with Gasteiger partial charge >= 0.3 is 0 Å². The van der Waals surface area contributed by atoms with Crippen molar-refractivity contribution >= 4 is 22.2 Å². The van der Waals surface area contributed by atoms with E-state index in [1.807, 2.05) is 12.3 Å². The Morgan fingerprint density at radius 2 is 2.12 bits per heavy atom. The quantitative estimate of drug-likeness (QED) is 0.453. The summed E-state index contributed by atoms with van der Waals surface area (Å²) in [6.07, 6.45) is 4.30. The normalized spacial score (nSPS) is 24.1. The molecular formula is C26H34F2N4OS. The highest BCUT2D eigenvalue weighted by atomic mass is 32.1. The second-order valence-corrected chi connectivity index (χ2v) is 11.3. The molecule has 0 spiro atoms. The van der Waals surface area contributed by atoms with E-state index in [-0.39, 0.29) is 24.9 Å². The van der Waals surface area contributed by atoms with Crippen LogP contribution in [0, 0.1) is 0 Å². The lowest BCUT2D eigenvalue weighted by Gasteiger charge is -2.41. The fraction of sp³-hybridized carbons (Fsp3) is 0.577. The summed E-state index contributed by atoms with van der Waals surface area (Å²) in [5, 5.41) is 2.95. The number of para-hydroxylation sites is 1. The van der Waals surface area contributed by atoms with Crippen molar-refractivity contribution in [2.45, 2.75) is 63.9 Å². The lowest BCUT2D eigenvalue weighted by atomic mass is 9.91. The number of aromatic nitrogens is 2. The van der Waals surface area contributed by atoms with Gasteiger partial charge in [-0.05, 0) is 51.7 Å². The molecule has 0 aliphatic carbocycles. The van der Waals surface area contributed by atoms with Crippen LogP contribution in [-0.2, 0) is 6.42 Å². The largest absolute Gasteiger partial charge is 0.478 e. The van der Waals surface area contributed by atoms with Crippen molar-refractivity contribution in [3.63, 3.8) is 0 Å². The molecule has 8 heteroatoms. The number of ether oxygens (including phenoxy) is 1. The number of fused-ring (bicyclic) bond motifs is 3. The third kappa shape index (κ3) is 4.86. The van der Waals surface area contributed by atoms with Gasteiger partial charge < -0.3 is 9.72 Å². The number of hydrogen-bond donors (Lipinski definition) is 1. The SMILES string of the molecule is C[C@@H]1Cc2c([nH]c3ccccc23)[C@@H](c2ncc(O[C@H]3CCN(CCCF)C3)s2)N1CC(C)(C)F. The van der Waals surface area contributed by atoms with Gasteiger partial charge in [0.2, 0.25) is 0 Å². The second-order valence-electron chi connectivity index (χ2n) is 10.3. The van der Waals surface area contributed by atoms with E-state index in [4.69, 9.17) is 9.72 Å². The Balaban J connectivity index is 1.43. The van der Waals surface area contributed by atoms with Crippen LogP contribution in [0.2, 0.25) is 0 Å². The molecule has 1 fully saturated rings. The molecule has 0 unspecified atom stereocenters. The van der Waals surface area contributed by atoms with Crippen LogP contribution in [0.5, 0.6) is 5.06 Å². The zero-order valence-electron chi connectivity index (χ0n) is 20.2. The molecule has 2 aliphatic rings. The Morgan fingerprint density at radius 1 is 1.29 bits per heavy atom. The zero-order chi connectivity index (χ0) is 23.9. The Morgan fingerprint density at radius 3 is 2.91 bits per heavy atom. The van der Waals surface area contributed by atoms with Crippen molar-refractivity contribution in [1.82, 2.24) is 19.8 Å². The standard InChI is InChI=1S/C26H34F2N4OS/c1-17-13-20-19-7-4-5-8-21(19)30-23(20)24(32(17)16-26(2,3)28)25-29-14-22(34-25)33-18-9-12-31(15-18)11-6-10-27/h4-5,7-8,14,17-18,24,30H,6,9-13,15-16H2,1-3H3/t17-,18+,24+/m1/s1. The molecule has 1 N–H and O–H groups in total. The van der Waals surface area contributed by atoms with Crippen LogP contribution in [0.25, 0.3) is 10.9 Å². The third-order valence-electron chi connectivity index (χ3n) is 6.93. The molecule has 1 saturated heterocycles. The summed E-state index contributed by atoms with van der Waals surface area (Å²) in [6.45, 7) is 8.06. The summed E-state index contributed by atoms with van der Waals surface area (Å²) >= 11 is 1.55. The van der Waals surface area contributed by atoms with E-state index in [2.05, 4.69) is 39.9 Å². The minimum Gasteiger partial charge on any atom is -0.478 e. The number of nitrogens with one attached hydrogen (secondary N) is 1. The molecule has 5 rings (SSSR count). The van der Waals surface area contributed by atoms with Gasteiger partial charge in [0.25, 0.3) is 0 Å². The van der Waals surface area contributed by atoms with Gasteiger partial charge in [0.15, 0.2) is 5.06 Å². The Kier molecular flexibility index (Phi) is 6.66. The molecule has 0 amide bonds. The fourth-order valence-electron chi connectivity index (χ4n) is 5.45. The molecule has 0 bridgehead atoms. The summed E-state index contributed by atoms with van der Waals surface area (Å²) in [4.78, 5) is 12.9. The smallest absolute Gasteiger partial charge is 0.194 e. The number of halogens is 2. The van der Waals surface area contributed by atoms with Crippen LogP contribution >= 0.6 is 11.3 Å². The first kappa shape index (κ1) is 23.7. The molecule has 3 atom stereocenters. The highest BCUT2D eigenvalue weighted by molar-refractivity contribution is 7.13. The number of aromatic amines is 1. The summed E-state index contributed by atoms with van der Waals surface area (Å²) in [6, 6.07) is 8.41. The van der Waals surface area contributed by atoms with E-state index in [1.165, 1.54) is 10.9 Å². The maximum atomic E-state index is 14.9. The molecule has 2 aliphatic heterocycles. The van der Waals surface area contributed by atoms with Gasteiger partial charge in [-0.3, -0.25) is 14.2 Å². The molecule has 0 radical (unpaired) electrons. The maximum absolute atomic E-state index is 14.9. The molecule has 3 aromatic rings. The second kappa shape index (κ2) is 9.55. The van der Waals surface area contributed by atoms with Crippen molar-refractivity contribution in [3.8, 4) is 5.06 Å². The van der Waals surface area contributed by atoms with Crippen molar-refractivity contribution < 1.29 is 13.5 Å². The monoisotopic (exact) mass is 488 g/mol. The lowest BCUT2D eigenvalue weighted by molar-refractivity contribution is 0.0667. The van der Waals surface area contributed by atoms with Gasteiger partial charge in [-0.15, -0.1) is 0 Å². The third-order valence-corrected chi connectivity index (χ3v) is 7.87. The lowest BCUT2D eigenvalue weighted by Crippen LogP contribution is -2.47. The number of alkyl halides is 2. The predicted molar refractivity (Wildman–Crippen MR) is 133 cm³/mol. The first-order valence-corrected chi connectivity index (χ1v) is 13.1. The van der Waals surface area contributed by atoms with Gasteiger partial charge in [-0.2, -0.15) is 0 Å². The average molecular weight is 489 g/mol. The van der Waals surface area contributed by atoms with Crippen LogP contribution in [0.15, 0.2) is 30.5 Å². The van der Waals surface area contributed by atoms with Gasteiger partial charge in [0, 0.05) is 48.8 Å². The molecule has 2 aromatic heterocycles. The van der Waals surface area contributed by atoms with Gasteiger partial charge in [0.05, 0.1) is 12.9 Å². The number of H-pyrrole nitrogens is 1. The minimum atomic E-state index is -1.32. The molecule has 5 nitrogen and oxygen atoms in total.